The summed E-state index contributed by atoms with van der Waals surface area (Å²) in [5.74, 6) is 0.457. The number of aryl methyl sites for hydroxylation is 1. The first-order valence-corrected chi connectivity index (χ1v) is 9.92. The molecule has 1 amide bonds. The standard InChI is InChI=1S/C21H28FN3O2.2ClH/c22-18-10-6-5-9-17(18)19-15-25-21(27-19)12-11-20(26)24-14-13-23-16-7-3-1-2-4-8-16;;/h5-6,9-10,15-16,23H,1-4,7-8,11-14H2,(H,24,26);2*1H. The van der Waals surface area contributed by atoms with Crippen LogP contribution in [0.15, 0.2) is 34.9 Å². The second kappa shape index (κ2) is 13.6. The van der Waals surface area contributed by atoms with Crippen molar-refractivity contribution in [2.45, 2.75) is 57.4 Å². The number of carbonyl (C=O) groups excluding carboxylic acids is 1. The first kappa shape index (κ1) is 25.4. The van der Waals surface area contributed by atoms with Gasteiger partial charge in [0.1, 0.15) is 5.82 Å². The molecule has 0 aliphatic heterocycles. The Morgan fingerprint density at radius 1 is 1.10 bits per heavy atom. The molecule has 0 spiro atoms. The summed E-state index contributed by atoms with van der Waals surface area (Å²) in [7, 11) is 0. The number of nitrogens with zero attached hydrogens (tertiary/aromatic N) is 1. The van der Waals surface area contributed by atoms with Gasteiger partial charge in [0.2, 0.25) is 5.91 Å². The van der Waals surface area contributed by atoms with E-state index in [1.807, 2.05) is 0 Å². The summed E-state index contributed by atoms with van der Waals surface area (Å²) in [5, 5.41) is 6.46. The number of oxazole rings is 1. The van der Waals surface area contributed by atoms with Crippen molar-refractivity contribution in [1.29, 1.82) is 0 Å². The van der Waals surface area contributed by atoms with Crippen molar-refractivity contribution in [1.82, 2.24) is 15.6 Å². The number of hydrogen-bond acceptors (Lipinski definition) is 4. The molecule has 1 aliphatic rings. The van der Waals surface area contributed by atoms with E-state index < -0.39 is 0 Å². The Balaban J connectivity index is 0.00000210. The van der Waals surface area contributed by atoms with Crippen molar-refractivity contribution in [3.63, 3.8) is 0 Å². The molecule has 1 aliphatic carbocycles. The van der Waals surface area contributed by atoms with E-state index in [2.05, 4.69) is 15.6 Å². The summed E-state index contributed by atoms with van der Waals surface area (Å²) in [5.41, 5.74) is 0.380. The van der Waals surface area contributed by atoms with E-state index in [1.165, 1.54) is 50.8 Å². The lowest BCUT2D eigenvalue weighted by molar-refractivity contribution is -0.121. The molecule has 0 radical (unpaired) electrons. The molecule has 0 unspecified atom stereocenters. The third-order valence-electron chi connectivity index (χ3n) is 4.99. The second-order valence-corrected chi connectivity index (χ2v) is 7.09. The molecule has 3 rings (SSSR count). The van der Waals surface area contributed by atoms with Gasteiger partial charge in [-0.05, 0) is 25.0 Å². The van der Waals surface area contributed by atoms with Crippen molar-refractivity contribution in [2.75, 3.05) is 13.1 Å². The monoisotopic (exact) mass is 445 g/mol. The van der Waals surface area contributed by atoms with Gasteiger partial charge in [-0.2, -0.15) is 0 Å². The highest BCUT2D eigenvalue weighted by Crippen LogP contribution is 2.23. The summed E-state index contributed by atoms with van der Waals surface area (Å²) in [4.78, 5) is 16.1. The number of hydrogen-bond donors (Lipinski definition) is 2. The van der Waals surface area contributed by atoms with Gasteiger partial charge < -0.3 is 15.1 Å². The average molecular weight is 446 g/mol. The second-order valence-electron chi connectivity index (χ2n) is 7.09. The van der Waals surface area contributed by atoms with Gasteiger partial charge in [-0.25, -0.2) is 9.37 Å². The molecular formula is C21H30Cl2FN3O2. The lowest BCUT2D eigenvalue weighted by atomic mass is 10.1. The summed E-state index contributed by atoms with van der Waals surface area (Å²) >= 11 is 0. The van der Waals surface area contributed by atoms with Crippen LogP contribution in [-0.4, -0.2) is 30.0 Å². The summed E-state index contributed by atoms with van der Waals surface area (Å²) < 4.78 is 19.3. The number of amides is 1. The third kappa shape index (κ3) is 8.33. The smallest absolute Gasteiger partial charge is 0.220 e. The van der Waals surface area contributed by atoms with E-state index in [9.17, 15) is 9.18 Å². The Hall–Kier alpha value is -1.63. The number of nitrogens with one attached hydrogen (secondary N) is 2. The Labute approximate surface area is 184 Å². The molecule has 1 heterocycles. The van der Waals surface area contributed by atoms with Gasteiger partial charge in [-0.1, -0.05) is 37.8 Å². The van der Waals surface area contributed by atoms with Crippen LogP contribution < -0.4 is 10.6 Å². The maximum Gasteiger partial charge on any atom is 0.220 e. The van der Waals surface area contributed by atoms with Crippen LogP contribution in [0.2, 0.25) is 0 Å². The maximum atomic E-state index is 13.8. The molecule has 2 aromatic rings. The van der Waals surface area contributed by atoms with Gasteiger partial charge in [-0.15, -0.1) is 24.8 Å². The van der Waals surface area contributed by atoms with Crippen LogP contribution in [0.1, 0.15) is 50.8 Å². The fourth-order valence-corrected chi connectivity index (χ4v) is 3.48. The van der Waals surface area contributed by atoms with Crippen LogP contribution in [0, 0.1) is 5.82 Å². The van der Waals surface area contributed by atoms with E-state index >= 15 is 0 Å². The molecule has 1 aromatic carbocycles. The minimum Gasteiger partial charge on any atom is -0.441 e. The summed E-state index contributed by atoms with van der Waals surface area (Å²) in [6.45, 7) is 1.42. The van der Waals surface area contributed by atoms with Crippen LogP contribution in [0.4, 0.5) is 4.39 Å². The predicted molar refractivity (Wildman–Crippen MR) is 117 cm³/mol. The quantitative estimate of drug-likeness (QED) is 0.456. The normalized spacial score (nSPS) is 14.4. The number of carbonyl (C=O) groups is 1. The summed E-state index contributed by atoms with van der Waals surface area (Å²) in [6, 6.07) is 7.00. The molecule has 0 saturated heterocycles. The van der Waals surface area contributed by atoms with Crippen LogP contribution in [-0.2, 0) is 11.2 Å². The number of benzene rings is 1. The van der Waals surface area contributed by atoms with Crippen LogP contribution in [0.3, 0.4) is 0 Å². The molecule has 162 valence electrons. The van der Waals surface area contributed by atoms with Crippen molar-refractivity contribution in [3.8, 4) is 11.3 Å². The van der Waals surface area contributed by atoms with Crippen LogP contribution in [0.25, 0.3) is 11.3 Å². The molecule has 5 nitrogen and oxygen atoms in total. The lowest BCUT2D eigenvalue weighted by Crippen LogP contribution is -2.36. The van der Waals surface area contributed by atoms with Crippen molar-refractivity contribution in [2.24, 2.45) is 0 Å². The zero-order chi connectivity index (χ0) is 18.9. The van der Waals surface area contributed by atoms with Crippen LogP contribution in [0.5, 0.6) is 0 Å². The van der Waals surface area contributed by atoms with E-state index in [-0.39, 0.29) is 36.5 Å². The number of halogens is 3. The van der Waals surface area contributed by atoms with Gasteiger partial charge in [0, 0.05) is 32.0 Å². The average Bonchev–Trinajstić information content (AvgIpc) is 2.99. The van der Waals surface area contributed by atoms with E-state index in [4.69, 9.17) is 4.42 Å². The molecule has 1 saturated carbocycles. The lowest BCUT2D eigenvalue weighted by Gasteiger charge is -2.16. The zero-order valence-electron chi connectivity index (χ0n) is 16.5. The fraction of sp³-hybridized carbons (Fsp3) is 0.524. The first-order valence-electron chi connectivity index (χ1n) is 9.92. The van der Waals surface area contributed by atoms with Crippen molar-refractivity contribution < 1.29 is 13.6 Å². The minimum absolute atomic E-state index is 0. The Bertz CT molecular complexity index is 734. The predicted octanol–water partition coefficient (Wildman–Crippen LogP) is 4.69. The molecule has 2 N–H and O–H groups in total. The number of rotatable bonds is 8. The van der Waals surface area contributed by atoms with Gasteiger partial charge in [0.15, 0.2) is 11.7 Å². The van der Waals surface area contributed by atoms with Gasteiger partial charge in [0.25, 0.3) is 0 Å². The maximum absolute atomic E-state index is 13.8. The zero-order valence-corrected chi connectivity index (χ0v) is 18.1. The van der Waals surface area contributed by atoms with Gasteiger partial charge in [0.05, 0.1) is 11.8 Å². The highest BCUT2D eigenvalue weighted by Gasteiger charge is 2.13. The van der Waals surface area contributed by atoms with E-state index in [0.29, 0.717) is 42.6 Å². The molecular weight excluding hydrogens is 416 g/mol. The minimum atomic E-state index is -0.348. The van der Waals surface area contributed by atoms with Crippen molar-refractivity contribution in [3.05, 3.63) is 42.2 Å². The molecule has 29 heavy (non-hydrogen) atoms. The van der Waals surface area contributed by atoms with Gasteiger partial charge >= 0.3 is 0 Å². The molecule has 8 heteroatoms. The van der Waals surface area contributed by atoms with Crippen molar-refractivity contribution >= 4 is 30.7 Å². The Kier molecular flexibility index (Phi) is 11.9. The Morgan fingerprint density at radius 3 is 2.55 bits per heavy atom. The SMILES string of the molecule is Cl.Cl.O=C(CCc1ncc(-c2ccccc2F)o1)NCCNC1CCCCCC1. The van der Waals surface area contributed by atoms with E-state index in [1.54, 1.807) is 18.2 Å². The fourth-order valence-electron chi connectivity index (χ4n) is 3.48. The highest BCUT2D eigenvalue weighted by molar-refractivity contribution is 5.85. The third-order valence-corrected chi connectivity index (χ3v) is 4.99. The van der Waals surface area contributed by atoms with Crippen LogP contribution >= 0.6 is 24.8 Å². The molecule has 1 fully saturated rings. The molecule has 0 atom stereocenters. The largest absolute Gasteiger partial charge is 0.441 e. The topological polar surface area (TPSA) is 67.2 Å². The molecule has 1 aromatic heterocycles. The number of aromatic nitrogens is 1. The molecule has 0 bridgehead atoms. The summed E-state index contributed by atoms with van der Waals surface area (Å²) in [6.07, 6.45) is 9.97. The van der Waals surface area contributed by atoms with Gasteiger partial charge in [-0.3, -0.25) is 4.79 Å². The Morgan fingerprint density at radius 2 is 1.83 bits per heavy atom. The first-order chi connectivity index (χ1) is 13.2. The van der Waals surface area contributed by atoms with E-state index in [0.717, 1.165) is 6.54 Å². The highest BCUT2D eigenvalue weighted by atomic mass is 35.5.